The number of aryl methyl sites for hydroxylation is 1. The summed E-state index contributed by atoms with van der Waals surface area (Å²) < 4.78 is 67.3. The van der Waals surface area contributed by atoms with E-state index in [9.17, 15) is 21.6 Å². The minimum absolute atomic E-state index is 0.0103. The molecular weight excluding hydrogens is 554 g/mol. The number of amides is 1. The number of ether oxygens (including phenoxy) is 2. The summed E-state index contributed by atoms with van der Waals surface area (Å²) in [4.78, 5) is 13.2. The van der Waals surface area contributed by atoms with Crippen LogP contribution in [0.2, 0.25) is 0 Å². The number of sulfonamides is 2. The van der Waals surface area contributed by atoms with Crippen LogP contribution in [-0.2, 0) is 24.8 Å². The molecule has 3 aromatic carbocycles. The highest BCUT2D eigenvalue weighted by Crippen LogP contribution is 2.33. The Balaban J connectivity index is 1.66. The molecule has 0 radical (unpaired) electrons. The van der Waals surface area contributed by atoms with Crippen LogP contribution in [0, 0.1) is 6.92 Å². The van der Waals surface area contributed by atoms with E-state index < -0.39 is 32.5 Å². The van der Waals surface area contributed by atoms with Gasteiger partial charge in [-0.2, -0.15) is 4.31 Å². The van der Waals surface area contributed by atoms with Gasteiger partial charge in [0.25, 0.3) is 10.0 Å². The Morgan fingerprint density at radius 1 is 0.875 bits per heavy atom. The van der Waals surface area contributed by atoms with E-state index >= 15 is 0 Å². The molecular formula is C28H33N3O7S2. The summed E-state index contributed by atoms with van der Waals surface area (Å²) in [5.74, 6) is -0.250. The molecule has 3 aromatic rings. The van der Waals surface area contributed by atoms with Crippen molar-refractivity contribution in [2.75, 3.05) is 43.5 Å². The van der Waals surface area contributed by atoms with Gasteiger partial charge in [0, 0.05) is 18.8 Å². The topological polar surface area (TPSA) is 122 Å². The van der Waals surface area contributed by atoms with E-state index in [0.29, 0.717) is 13.1 Å². The molecule has 1 aliphatic rings. The smallest absolute Gasteiger partial charge is 0.264 e. The molecule has 0 unspecified atom stereocenters. The number of carbonyl (C=O) groups is 1. The standard InChI is InChI=1S/C28H33N3O7S2/c1-21-11-14-23(15-12-21)39(33,34)31(24-9-5-6-10-25(24)37-2)20-28(32)29-22-13-16-26(38-3)27(19-22)40(35,36)30-17-7-4-8-18-30/h5-6,9-16,19H,4,7-8,17-18,20H2,1-3H3,(H,29,32). The second-order valence-electron chi connectivity index (χ2n) is 9.38. The first-order valence-corrected chi connectivity index (χ1v) is 15.7. The maximum absolute atomic E-state index is 13.7. The predicted octanol–water partition coefficient (Wildman–Crippen LogP) is 4.02. The lowest BCUT2D eigenvalue weighted by Gasteiger charge is -2.27. The molecule has 1 heterocycles. The second kappa shape index (κ2) is 12.3. The van der Waals surface area contributed by atoms with Crippen molar-refractivity contribution in [3.8, 4) is 11.5 Å². The van der Waals surface area contributed by atoms with Gasteiger partial charge >= 0.3 is 0 Å². The van der Waals surface area contributed by atoms with Gasteiger partial charge < -0.3 is 14.8 Å². The zero-order valence-electron chi connectivity index (χ0n) is 22.7. The third kappa shape index (κ3) is 6.24. The van der Waals surface area contributed by atoms with Crippen molar-refractivity contribution in [2.24, 2.45) is 0 Å². The molecule has 1 amide bonds. The number of carbonyl (C=O) groups excluding carboxylic acids is 1. The minimum atomic E-state index is -4.18. The highest BCUT2D eigenvalue weighted by molar-refractivity contribution is 7.93. The van der Waals surface area contributed by atoms with E-state index in [2.05, 4.69) is 5.32 Å². The molecule has 0 spiro atoms. The lowest BCUT2D eigenvalue weighted by atomic mass is 10.2. The van der Waals surface area contributed by atoms with Gasteiger partial charge in [0.1, 0.15) is 22.9 Å². The Kier molecular flexibility index (Phi) is 9.02. The van der Waals surface area contributed by atoms with E-state index in [-0.39, 0.29) is 32.7 Å². The van der Waals surface area contributed by atoms with Gasteiger partial charge in [-0.05, 0) is 62.2 Å². The fraction of sp³-hybridized carbons (Fsp3) is 0.321. The van der Waals surface area contributed by atoms with Crippen LogP contribution in [0.15, 0.2) is 76.5 Å². The number of anilines is 2. The number of nitrogens with one attached hydrogen (secondary N) is 1. The van der Waals surface area contributed by atoms with Gasteiger partial charge in [-0.1, -0.05) is 36.2 Å². The largest absolute Gasteiger partial charge is 0.495 e. The average Bonchev–Trinajstić information content (AvgIpc) is 2.96. The first-order chi connectivity index (χ1) is 19.1. The Hall–Kier alpha value is -3.61. The van der Waals surface area contributed by atoms with E-state index in [0.717, 1.165) is 29.1 Å². The number of hydrogen-bond donors (Lipinski definition) is 1. The lowest BCUT2D eigenvalue weighted by Crippen LogP contribution is -2.38. The summed E-state index contributed by atoms with van der Waals surface area (Å²) >= 11 is 0. The molecule has 12 heteroatoms. The SMILES string of the molecule is COc1ccccc1N(CC(=O)Nc1ccc(OC)c(S(=O)(=O)N2CCCCC2)c1)S(=O)(=O)c1ccc(C)cc1. The molecule has 0 bridgehead atoms. The highest BCUT2D eigenvalue weighted by Gasteiger charge is 2.31. The second-order valence-corrected chi connectivity index (χ2v) is 13.1. The van der Waals surface area contributed by atoms with Gasteiger partial charge in [-0.3, -0.25) is 9.10 Å². The van der Waals surface area contributed by atoms with Gasteiger partial charge in [-0.25, -0.2) is 16.8 Å². The molecule has 0 saturated carbocycles. The van der Waals surface area contributed by atoms with E-state index in [4.69, 9.17) is 9.47 Å². The zero-order valence-corrected chi connectivity index (χ0v) is 24.3. The van der Waals surface area contributed by atoms with Crippen LogP contribution >= 0.6 is 0 Å². The van der Waals surface area contributed by atoms with Crippen LogP contribution in [0.3, 0.4) is 0 Å². The summed E-state index contributed by atoms with van der Waals surface area (Å²) in [6, 6.07) is 17.1. The summed E-state index contributed by atoms with van der Waals surface area (Å²) in [6.45, 7) is 2.08. The number of rotatable bonds is 10. The van der Waals surface area contributed by atoms with Crippen LogP contribution in [0.4, 0.5) is 11.4 Å². The molecule has 1 aliphatic heterocycles. The van der Waals surface area contributed by atoms with Crippen LogP contribution in [-0.4, -0.2) is 60.9 Å². The first-order valence-electron chi connectivity index (χ1n) is 12.8. The fourth-order valence-electron chi connectivity index (χ4n) is 4.50. The summed E-state index contributed by atoms with van der Waals surface area (Å²) in [5.41, 5.74) is 1.26. The molecule has 214 valence electrons. The van der Waals surface area contributed by atoms with Gasteiger partial charge in [0.05, 0.1) is 24.8 Å². The summed E-state index contributed by atoms with van der Waals surface area (Å²) in [5, 5.41) is 2.65. The summed E-state index contributed by atoms with van der Waals surface area (Å²) in [6.07, 6.45) is 2.51. The number of methoxy groups -OCH3 is 2. The Labute approximate surface area is 235 Å². The third-order valence-corrected chi connectivity index (χ3v) is 10.3. The van der Waals surface area contributed by atoms with E-state index in [1.807, 2.05) is 6.92 Å². The van der Waals surface area contributed by atoms with Crippen LogP contribution in [0.5, 0.6) is 11.5 Å². The maximum atomic E-state index is 13.7. The molecule has 40 heavy (non-hydrogen) atoms. The van der Waals surface area contributed by atoms with Crippen molar-refractivity contribution in [1.82, 2.24) is 4.31 Å². The number of benzene rings is 3. The number of nitrogens with zero attached hydrogens (tertiary/aromatic N) is 2. The molecule has 0 aliphatic carbocycles. The molecule has 1 N–H and O–H groups in total. The molecule has 0 atom stereocenters. The number of hydrogen-bond acceptors (Lipinski definition) is 7. The van der Waals surface area contributed by atoms with Crippen molar-refractivity contribution in [3.05, 3.63) is 72.3 Å². The van der Waals surface area contributed by atoms with Crippen LogP contribution in [0.25, 0.3) is 0 Å². The van der Waals surface area contributed by atoms with Crippen LogP contribution in [0.1, 0.15) is 24.8 Å². The zero-order chi connectivity index (χ0) is 28.9. The van der Waals surface area contributed by atoms with E-state index in [1.165, 1.54) is 48.9 Å². The van der Waals surface area contributed by atoms with Crippen molar-refractivity contribution < 1.29 is 31.1 Å². The molecule has 1 saturated heterocycles. The first kappa shape index (κ1) is 29.4. The van der Waals surface area contributed by atoms with Crippen molar-refractivity contribution in [1.29, 1.82) is 0 Å². The highest BCUT2D eigenvalue weighted by atomic mass is 32.2. The Morgan fingerprint density at radius 2 is 1.52 bits per heavy atom. The normalized spacial score (nSPS) is 14.4. The number of para-hydroxylation sites is 2. The quantitative estimate of drug-likeness (QED) is 0.380. The minimum Gasteiger partial charge on any atom is -0.495 e. The van der Waals surface area contributed by atoms with Crippen LogP contribution < -0.4 is 19.1 Å². The predicted molar refractivity (Wildman–Crippen MR) is 153 cm³/mol. The monoisotopic (exact) mass is 587 g/mol. The fourth-order valence-corrected chi connectivity index (χ4v) is 7.63. The molecule has 10 nitrogen and oxygen atoms in total. The van der Waals surface area contributed by atoms with E-state index in [1.54, 1.807) is 36.4 Å². The lowest BCUT2D eigenvalue weighted by molar-refractivity contribution is -0.114. The summed E-state index contributed by atoms with van der Waals surface area (Å²) in [7, 11) is -5.25. The molecule has 0 aromatic heterocycles. The van der Waals surface area contributed by atoms with Gasteiger partial charge in [-0.15, -0.1) is 0 Å². The Morgan fingerprint density at radius 3 is 2.17 bits per heavy atom. The number of piperidine rings is 1. The van der Waals surface area contributed by atoms with Crippen molar-refractivity contribution >= 4 is 37.3 Å². The van der Waals surface area contributed by atoms with Crippen molar-refractivity contribution in [2.45, 2.75) is 36.0 Å². The van der Waals surface area contributed by atoms with Gasteiger partial charge in [0.2, 0.25) is 15.9 Å². The van der Waals surface area contributed by atoms with Gasteiger partial charge in [0.15, 0.2) is 0 Å². The molecule has 1 fully saturated rings. The molecule has 4 rings (SSSR count). The van der Waals surface area contributed by atoms with Crippen molar-refractivity contribution in [3.63, 3.8) is 0 Å². The third-order valence-electron chi connectivity index (χ3n) is 6.63. The average molecular weight is 588 g/mol. The maximum Gasteiger partial charge on any atom is 0.264 e. The Bertz CT molecular complexity index is 1570.